The van der Waals surface area contributed by atoms with Crippen molar-refractivity contribution in [1.82, 2.24) is 5.32 Å². The highest BCUT2D eigenvalue weighted by molar-refractivity contribution is 5.94. The molecular weight excluding hydrogens is 274 g/mol. The summed E-state index contributed by atoms with van der Waals surface area (Å²) in [5.41, 5.74) is 3.41. The van der Waals surface area contributed by atoms with E-state index in [0.29, 0.717) is 18.0 Å². The highest BCUT2D eigenvalue weighted by atomic mass is 16.5. The van der Waals surface area contributed by atoms with Crippen LogP contribution in [0.15, 0.2) is 48.5 Å². The lowest BCUT2D eigenvalue weighted by Crippen LogP contribution is -2.29. The number of ether oxygens (including phenoxy) is 1. The van der Waals surface area contributed by atoms with Crippen molar-refractivity contribution in [1.29, 1.82) is 0 Å². The Morgan fingerprint density at radius 2 is 2.05 bits per heavy atom. The van der Waals surface area contributed by atoms with Crippen LogP contribution in [-0.2, 0) is 6.42 Å². The summed E-state index contributed by atoms with van der Waals surface area (Å²) in [6.45, 7) is 0.674. The van der Waals surface area contributed by atoms with E-state index in [1.165, 1.54) is 17.5 Å². The van der Waals surface area contributed by atoms with E-state index in [9.17, 15) is 4.79 Å². The van der Waals surface area contributed by atoms with Crippen molar-refractivity contribution in [2.24, 2.45) is 0 Å². The monoisotopic (exact) mass is 295 g/mol. The van der Waals surface area contributed by atoms with Crippen molar-refractivity contribution in [3.05, 3.63) is 65.2 Å². The number of methoxy groups -OCH3 is 1. The molecule has 3 rings (SSSR count). The van der Waals surface area contributed by atoms with Crippen LogP contribution in [0.25, 0.3) is 0 Å². The van der Waals surface area contributed by atoms with Gasteiger partial charge in [-0.15, -0.1) is 0 Å². The Balaban J connectivity index is 1.71. The molecule has 0 spiro atoms. The molecular formula is C19H21NO2. The van der Waals surface area contributed by atoms with Crippen molar-refractivity contribution in [2.45, 2.75) is 25.2 Å². The van der Waals surface area contributed by atoms with Crippen LogP contribution in [0.1, 0.15) is 40.2 Å². The van der Waals surface area contributed by atoms with E-state index in [4.69, 9.17) is 4.74 Å². The number of aryl methyl sites for hydroxylation is 1. The fourth-order valence-corrected chi connectivity index (χ4v) is 3.12. The number of amides is 1. The number of nitrogens with one attached hydrogen (secondary N) is 1. The standard InChI is InChI=1S/C19H21NO2/c1-22-17-11-10-14-8-5-9-16(18(14)12-17)13-20-19(21)15-6-3-2-4-7-15/h2-4,6-7,10-12,16H,5,8-9,13H2,1H3,(H,20,21)/t16-/m0/s1. The molecule has 0 heterocycles. The second-order valence-electron chi connectivity index (χ2n) is 5.73. The highest BCUT2D eigenvalue weighted by Crippen LogP contribution is 2.33. The zero-order valence-corrected chi connectivity index (χ0v) is 12.8. The van der Waals surface area contributed by atoms with Crippen LogP contribution in [0.4, 0.5) is 0 Å². The molecule has 1 amide bonds. The number of hydrogen-bond donors (Lipinski definition) is 1. The summed E-state index contributed by atoms with van der Waals surface area (Å²) >= 11 is 0. The maximum absolute atomic E-state index is 12.2. The lowest BCUT2D eigenvalue weighted by Gasteiger charge is -2.26. The van der Waals surface area contributed by atoms with E-state index >= 15 is 0 Å². The first-order valence-electron chi connectivity index (χ1n) is 7.78. The van der Waals surface area contributed by atoms with Crippen molar-refractivity contribution >= 4 is 5.91 Å². The van der Waals surface area contributed by atoms with Gasteiger partial charge in [0.15, 0.2) is 0 Å². The first-order chi connectivity index (χ1) is 10.8. The average Bonchev–Trinajstić information content (AvgIpc) is 2.59. The molecule has 2 aromatic rings. The van der Waals surface area contributed by atoms with E-state index in [0.717, 1.165) is 18.6 Å². The quantitative estimate of drug-likeness (QED) is 0.937. The van der Waals surface area contributed by atoms with Gasteiger partial charge in [0.2, 0.25) is 0 Å². The van der Waals surface area contributed by atoms with Gasteiger partial charge in [-0.1, -0.05) is 24.3 Å². The molecule has 22 heavy (non-hydrogen) atoms. The largest absolute Gasteiger partial charge is 0.497 e. The molecule has 0 bridgehead atoms. The third kappa shape index (κ3) is 3.14. The van der Waals surface area contributed by atoms with Crippen LogP contribution in [-0.4, -0.2) is 19.6 Å². The molecule has 0 saturated heterocycles. The van der Waals surface area contributed by atoms with Gasteiger partial charge in [-0.25, -0.2) is 0 Å². The molecule has 0 aromatic heterocycles. The van der Waals surface area contributed by atoms with Crippen molar-refractivity contribution < 1.29 is 9.53 Å². The first kappa shape index (κ1) is 14.6. The molecule has 3 nitrogen and oxygen atoms in total. The normalized spacial score (nSPS) is 16.7. The second kappa shape index (κ2) is 6.65. The van der Waals surface area contributed by atoms with Gasteiger partial charge >= 0.3 is 0 Å². The lowest BCUT2D eigenvalue weighted by molar-refractivity contribution is 0.0950. The van der Waals surface area contributed by atoms with Crippen LogP contribution in [0, 0.1) is 0 Å². The predicted octanol–water partition coefficient (Wildman–Crippen LogP) is 3.55. The maximum atomic E-state index is 12.2. The zero-order chi connectivity index (χ0) is 15.4. The minimum atomic E-state index is -0.00406. The summed E-state index contributed by atoms with van der Waals surface area (Å²) in [5.74, 6) is 1.25. The van der Waals surface area contributed by atoms with Gasteiger partial charge < -0.3 is 10.1 Å². The van der Waals surface area contributed by atoms with Crippen LogP contribution < -0.4 is 10.1 Å². The zero-order valence-electron chi connectivity index (χ0n) is 12.8. The summed E-state index contributed by atoms with van der Waals surface area (Å²) in [4.78, 5) is 12.2. The molecule has 0 saturated carbocycles. The highest BCUT2D eigenvalue weighted by Gasteiger charge is 2.21. The molecule has 114 valence electrons. The van der Waals surface area contributed by atoms with Gasteiger partial charge in [0.1, 0.15) is 5.75 Å². The Labute approximate surface area is 131 Å². The van der Waals surface area contributed by atoms with E-state index < -0.39 is 0 Å². The summed E-state index contributed by atoms with van der Waals surface area (Å²) in [5, 5.41) is 3.07. The summed E-state index contributed by atoms with van der Waals surface area (Å²) in [6.07, 6.45) is 3.39. The fraction of sp³-hybridized carbons (Fsp3) is 0.316. The SMILES string of the molecule is COc1ccc2c(c1)[C@H](CNC(=O)c1ccccc1)CCC2. The van der Waals surface area contributed by atoms with Gasteiger partial charge in [-0.05, 0) is 54.7 Å². The molecule has 0 fully saturated rings. The average molecular weight is 295 g/mol. The van der Waals surface area contributed by atoms with Crippen LogP contribution >= 0.6 is 0 Å². The molecule has 0 unspecified atom stereocenters. The van der Waals surface area contributed by atoms with Crippen LogP contribution in [0.3, 0.4) is 0 Å². The Morgan fingerprint density at radius 1 is 1.23 bits per heavy atom. The van der Waals surface area contributed by atoms with E-state index in [1.54, 1.807) is 7.11 Å². The number of carbonyl (C=O) groups excluding carboxylic acids is 1. The molecule has 0 radical (unpaired) electrons. The van der Waals surface area contributed by atoms with Gasteiger partial charge in [-0.3, -0.25) is 4.79 Å². The van der Waals surface area contributed by atoms with Crippen LogP contribution in [0.5, 0.6) is 5.75 Å². The number of carbonyl (C=O) groups is 1. The topological polar surface area (TPSA) is 38.3 Å². The molecule has 3 heteroatoms. The van der Waals surface area contributed by atoms with E-state index in [1.807, 2.05) is 36.4 Å². The third-order valence-electron chi connectivity index (χ3n) is 4.34. The van der Waals surface area contributed by atoms with Crippen molar-refractivity contribution in [2.75, 3.05) is 13.7 Å². The van der Waals surface area contributed by atoms with Gasteiger partial charge in [-0.2, -0.15) is 0 Å². The van der Waals surface area contributed by atoms with Gasteiger partial charge in [0, 0.05) is 18.0 Å². The molecule has 1 N–H and O–H groups in total. The number of rotatable bonds is 4. The molecule has 1 atom stereocenters. The minimum absolute atomic E-state index is 0.00406. The molecule has 2 aromatic carbocycles. The summed E-state index contributed by atoms with van der Waals surface area (Å²) < 4.78 is 5.34. The van der Waals surface area contributed by atoms with Crippen LogP contribution in [0.2, 0.25) is 0 Å². The Morgan fingerprint density at radius 3 is 2.82 bits per heavy atom. The number of hydrogen-bond acceptors (Lipinski definition) is 2. The lowest BCUT2D eigenvalue weighted by atomic mass is 9.82. The minimum Gasteiger partial charge on any atom is -0.497 e. The Bertz CT molecular complexity index is 652. The molecule has 0 aliphatic heterocycles. The van der Waals surface area contributed by atoms with Crippen molar-refractivity contribution in [3.8, 4) is 5.75 Å². The van der Waals surface area contributed by atoms with Gasteiger partial charge in [0.05, 0.1) is 7.11 Å². The Kier molecular flexibility index (Phi) is 4.42. The number of fused-ring (bicyclic) bond motifs is 1. The van der Waals surface area contributed by atoms with E-state index in [2.05, 4.69) is 17.4 Å². The molecule has 1 aliphatic carbocycles. The Hall–Kier alpha value is -2.29. The maximum Gasteiger partial charge on any atom is 0.251 e. The number of benzene rings is 2. The fourth-order valence-electron chi connectivity index (χ4n) is 3.12. The predicted molar refractivity (Wildman–Crippen MR) is 87.4 cm³/mol. The summed E-state index contributed by atoms with van der Waals surface area (Å²) in [7, 11) is 1.69. The first-order valence-corrected chi connectivity index (χ1v) is 7.78. The van der Waals surface area contributed by atoms with Gasteiger partial charge in [0.25, 0.3) is 5.91 Å². The van der Waals surface area contributed by atoms with E-state index in [-0.39, 0.29) is 5.91 Å². The second-order valence-corrected chi connectivity index (χ2v) is 5.73. The van der Waals surface area contributed by atoms with Crippen molar-refractivity contribution in [3.63, 3.8) is 0 Å². The third-order valence-corrected chi connectivity index (χ3v) is 4.34. The summed E-state index contributed by atoms with van der Waals surface area (Å²) in [6, 6.07) is 15.7. The molecule has 1 aliphatic rings. The smallest absolute Gasteiger partial charge is 0.251 e.